The number of amides is 2. The smallest absolute Gasteiger partial charge is 0.317 e. The van der Waals surface area contributed by atoms with Crippen molar-refractivity contribution in [1.29, 1.82) is 0 Å². The molecule has 128 valence electrons. The summed E-state index contributed by atoms with van der Waals surface area (Å²) in [6.07, 6.45) is 0. The first-order valence-corrected chi connectivity index (χ1v) is 8.76. The van der Waals surface area contributed by atoms with E-state index in [-0.39, 0.29) is 6.03 Å². The maximum absolute atomic E-state index is 12.2. The Balaban J connectivity index is 1.76. The van der Waals surface area contributed by atoms with Crippen LogP contribution in [0.3, 0.4) is 0 Å². The monoisotopic (exact) mass is 317 g/mol. The normalized spacial score (nSPS) is 15.3. The quantitative estimate of drug-likeness (QED) is 0.838. The molecule has 0 aliphatic carbocycles. The Labute approximate surface area is 140 Å². The Morgan fingerprint density at radius 2 is 1.70 bits per heavy atom. The summed E-state index contributed by atoms with van der Waals surface area (Å²) in [5.41, 5.74) is 1.14. The summed E-state index contributed by atoms with van der Waals surface area (Å²) in [5.74, 6) is 1.32. The first-order chi connectivity index (χ1) is 11.0. The van der Waals surface area contributed by atoms with Gasteiger partial charge >= 0.3 is 6.03 Å². The third kappa shape index (κ3) is 5.54. The number of carbonyl (C=O) groups is 1. The van der Waals surface area contributed by atoms with Gasteiger partial charge < -0.3 is 10.2 Å². The van der Waals surface area contributed by atoms with Gasteiger partial charge in [-0.2, -0.15) is 0 Å². The van der Waals surface area contributed by atoms with Crippen molar-refractivity contribution in [3.8, 4) is 0 Å². The summed E-state index contributed by atoms with van der Waals surface area (Å²) >= 11 is 0. The van der Waals surface area contributed by atoms with Crippen molar-refractivity contribution in [1.82, 2.24) is 15.1 Å². The zero-order chi connectivity index (χ0) is 16.8. The summed E-state index contributed by atoms with van der Waals surface area (Å²) < 4.78 is 0. The highest BCUT2D eigenvalue weighted by atomic mass is 16.2. The van der Waals surface area contributed by atoms with Gasteiger partial charge in [0.1, 0.15) is 0 Å². The maximum atomic E-state index is 12.2. The van der Waals surface area contributed by atoms with Crippen LogP contribution in [-0.4, -0.2) is 48.1 Å². The zero-order valence-corrected chi connectivity index (χ0v) is 15.0. The molecule has 2 amide bonds. The molecule has 23 heavy (non-hydrogen) atoms. The summed E-state index contributed by atoms with van der Waals surface area (Å²) in [5, 5.41) is 3.01. The molecule has 1 aliphatic heterocycles. The fraction of sp³-hybridized carbons (Fsp3) is 0.632. The Bertz CT molecular complexity index is 471. The number of carbonyl (C=O) groups excluding carboxylic acids is 1. The predicted octanol–water partition coefficient (Wildman–Crippen LogP) is 3.19. The van der Waals surface area contributed by atoms with Crippen molar-refractivity contribution in [2.24, 2.45) is 11.8 Å². The van der Waals surface area contributed by atoms with Gasteiger partial charge in [-0.25, -0.2) is 4.79 Å². The Morgan fingerprint density at radius 3 is 2.22 bits per heavy atom. The lowest BCUT2D eigenvalue weighted by molar-refractivity contribution is 0.0423. The van der Waals surface area contributed by atoms with Gasteiger partial charge in [-0.3, -0.25) is 4.90 Å². The average molecular weight is 317 g/mol. The van der Waals surface area contributed by atoms with Gasteiger partial charge in [0.2, 0.25) is 0 Å². The Morgan fingerprint density at radius 1 is 1.13 bits per heavy atom. The number of rotatable bonds is 7. The van der Waals surface area contributed by atoms with Crippen LogP contribution in [-0.2, 0) is 6.54 Å². The summed E-state index contributed by atoms with van der Waals surface area (Å²) in [7, 11) is 0. The van der Waals surface area contributed by atoms with E-state index in [1.54, 1.807) is 0 Å². The van der Waals surface area contributed by atoms with E-state index >= 15 is 0 Å². The number of urea groups is 1. The molecule has 2 rings (SSSR count). The largest absolute Gasteiger partial charge is 0.334 e. The second-order valence-electron chi connectivity index (χ2n) is 7.44. The standard InChI is InChI=1S/C19H31N3O/c1-15(2)11-21(12-16(3)4)18-13-22(14-18)19(23)20-10-17-8-6-5-7-9-17/h5-9,15-16,18H,10-14H2,1-4H3,(H,20,23). The first kappa shape index (κ1) is 17.8. The second-order valence-corrected chi connectivity index (χ2v) is 7.44. The number of benzene rings is 1. The Kier molecular flexibility index (Phi) is 6.46. The predicted molar refractivity (Wildman–Crippen MR) is 95.3 cm³/mol. The first-order valence-electron chi connectivity index (χ1n) is 8.76. The van der Waals surface area contributed by atoms with Crippen LogP contribution in [0.15, 0.2) is 30.3 Å². The Hall–Kier alpha value is -1.55. The van der Waals surface area contributed by atoms with Gasteiger partial charge in [0.05, 0.1) is 0 Å². The summed E-state index contributed by atoms with van der Waals surface area (Å²) in [6, 6.07) is 10.6. The molecular formula is C19H31N3O. The van der Waals surface area contributed by atoms with Crippen molar-refractivity contribution in [2.75, 3.05) is 26.2 Å². The van der Waals surface area contributed by atoms with Crippen molar-refractivity contribution in [3.05, 3.63) is 35.9 Å². The highest BCUT2D eigenvalue weighted by Gasteiger charge is 2.34. The molecule has 1 aromatic carbocycles. The van der Waals surface area contributed by atoms with Gasteiger partial charge in [-0.1, -0.05) is 58.0 Å². The number of hydrogen-bond donors (Lipinski definition) is 1. The molecular weight excluding hydrogens is 286 g/mol. The van der Waals surface area contributed by atoms with Crippen LogP contribution in [0, 0.1) is 11.8 Å². The molecule has 0 saturated carbocycles. The lowest BCUT2D eigenvalue weighted by Gasteiger charge is -2.46. The number of nitrogens with one attached hydrogen (secondary N) is 1. The lowest BCUT2D eigenvalue weighted by Crippen LogP contribution is -2.63. The molecule has 1 fully saturated rings. The van der Waals surface area contributed by atoms with Crippen LogP contribution in [0.1, 0.15) is 33.3 Å². The fourth-order valence-electron chi connectivity index (χ4n) is 3.05. The van der Waals surface area contributed by atoms with Crippen molar-refractivity contribution >= 4 is 6.03 Å². The topological polar surface area (TPSA) is 35.6 Å². The van der Waals surface area contributed by atoms with Gasteiger partial charge in [-0.15, -0.1) is 0 Å². The van der Waals surface area contributed by atoms with Gasteiger partial charge in [0.15, 0.2) is 0 Å². The molecule has 1 aromatic rings. The van der Waals surface area contributed by atoms with Crippen LogP contribution in [0.25, 0.3) is 0 Å². The van der Waals surface area contributed by atoms with Crippen molar-refractivity contribution < 1.29 is 4.79 Å². The van der Waals surface area contributed by atoms with Crippen LogP contribution in [0.2, 0.25) is 0 Å². The molecule has 0 bridgehead atoms. The fourth-order valence-corrected chi connectivity index (χ4v) is 3.05. The molecule has 1 N–H and O–H groups in total. The average Bonchev–Trinajstić information content (AvgIpc) is 2.43. The molecule has 4 heteroatoms. The van der Waals surface area contributed by atoms with Gasteiger partial charge in [-0.05, 0) is 17.4 Å². The molecule has 1 saturated heterocycles. The number of hydrogen-bond acceptors (Lipinski definition) is 2. The minimum absolute atomic E-state index is 0.0548. The molecule has 0 atom stereocenters. The second kappa shape index (κ2) is 8.34. The molecule has 0 aromatic heterocycles. The zero-order valence-electron chi connectivity index (χ0n) is 15.0. The minimum atomic E-state index is 0.0548. The molecule has 0 spiro atoms. The van der Waals surface area contributed by atoms with E-state index in [0.29, 0.717) is 24.4 Å². The molecule has 4 nitrogen and oxygen atoms in total. The van der Waals surface area contributed by atoms with Crippen molar-refractivity contribution in [2.45, 2.75) is 40.3 Å². The molecule has 1 aliphatic rings. The van der Waals surface area contributed by atoms with E-state index in [2.05, 4.69) is 37.9 Å². The highest BCUT2D eigenvalue weighted by Crippen LogP contribution is 2.18. The lowest BCUT2D eigenvalue weighted by atomic mass is 10.0. The van der Waals surface area contributed by atoms with Crippen molar-refractivity contribution in [3.63, 3.8) is 0 Å². The highest BCUT2D eigenvalue weighted by molar-refractivity contribution is 5.75. The van der Waals surface area contributed by atoms with E-state index in [9.17, 15) is 4.79 Å². The van der Waals surface area contributed by atoms with Crippen LogP contribution < -0.4 is 5.32 Å². The third-order valence-corrected chi connectivity index (χ3v) is 4.15. The van der Waals surface area contributed by atoms with E-state index < -0.39 is 0 Å². The summed E-state index contributed by atoms with van der Waals surface area (Å²) in [6.45, 7) is 13.6. The number of nitrogens with zero attached hydrogens (tertiary/aromatic N) is 2. The van der Waals surface area contributed by atoms with Crippen LogP contribution in [0.5, 0.6) is 0 Å². The van der Waals surface area contributed by atoms with Crippen LogP contribution in [0.4, 0.5) is 4.79 Å². The molecule has 0 radical (unpaired) electrons. The molecule has 1 heterocycles. The summed E-state index contributed by atoms with van der Waals surface area (Å²) in [4.78, 5) is 16.7. The maximum Gasteiger partial charge on any atom is 0.317 e. The van der Waals surface area contributed by atoms with E-state index in [4.69, 9.17) is 0 Å². The minimum Gasteiger partial charge on any atom is -0.334 e. The van der Waals surface area contributed by atoms with Gasteiger partial charge in [0.25, 0.3) is 0 Å². The molecule has 0 unspecified atom stereocenters. The SMILES string of the molecule is CC(C)CN(CC(C)C)C1CN(C(=O)NCc2ccccc2)C1. The van der Waals surface area contributed by atoms with Gasteiger partial charge in [0, 0.05) is 38.8 Å². The van der Waals surface area contributed by atoms with E-state index in [1.165, 1.54) is 0 Å². The number of likely N-dealkylation sites (tertiary alicyclic amines) is 1. The van der Waals surface area contributed by atoms with Crippen LogP contribution >= 0.6 is 0 Å². The van der Waals surface area contributed by atoms with E-state index in [1.807, 2.05) is 35.2 Å². The van der Waals surface area contributed by atoms with E-state index in [0.717, 1.165) is 31.7 Å². The third-order valence-electron chi connectivity index (χ3n) is 4.15.